The van der Waals surface area contributed by atoms with Gasteiger partial charge in [-0.25, -0.2) is 0 Å². The van der Waals surface area contributed by atoms with Gasteiger partial charge in [0.1, 0.15) is 0 Å². The van der Waals surface area contributed by atoms with Crippen molar-refractivity contribution < 1.29 is 5.11 Å². The lowest BCUT2D eigenvalue weighted by molar-refractivity contribution is 0.273. The van der Waals surface area contributed by atoms with Crippen LogP contribution in [0, 0.1) is 0 Å². The van der Waals surface area contributed by atoms with Crippen molar-refractivity contribution in [3.63, 3.8) is 0 Å². The van der Waals surface area contributed by atoms with Crippen LogP contribution in [0.2, 0.25) is 0 Å². The van der Waals surface area contributed by atoms with Crippen molar-refractivity contribution in [1.29, 1.82) is 0 Å². The summed E-state index contributed by atoms with van der Waals surface area (Å²) in [5.74, 6) is 0.777. The third-order valence-corrected chi connectivity index (χ3v) is 3.66. The van der Waals surface area contributed by atoms with Gasteiger partial charge in [0, 0.05) is 12.5 Å². The quantitative estimate of drug-likeness (QED) is 0.847. The fraction of sp³-hybridized carbons (Fsp3) is 0.333. The maximum Gasteiger partial charge on any atom is 0.0497 e. The van der Waals surface area contributed by atoms with Gasteiger partial charge in [-0.05, 0) is 28.2 Å². The summed E-state index contributed by atoms with van der Waals surface area (Å²) >= 11 is 0. The first kappa shape index (κ1) is 13.8. The number of hydrogen-bond donors (Lipinski definition) is 1. The van der Waals surface area contributed by atoms with E-state index in [2.05, 4.69) is 62.4 Å². The van der Waals surface area contributed by atoms with Crippen molar-refractivity contribution in [3.8, 4) is 11.1 Å². The molecule has 0 radical (unpaired) electrons. The lowest BCUT2D eigenvalue weighted by Gasteiger charge is -2.10. The van der Waals surface area contributed by atoms with Gasteiger partial charge in [-0.3, -0.25) is 0 Å². The summed E-state index contributed by atoms with van der Waals surface area (Å²) < 4.78 is 0. The highest BCUT2D eigenvalue weighted by Gasteiger charge is 2.05. The minimum atomic E-state index is 0.197. The molecule has 2 aromatic rings. The highest BCUT2D eigenvalue weighted by atomic mass is 16.3. The molecule has 2 aromatic carbocycles. The Labute approximate surface area is 115 Å². The van der Waals surface area contributed by atoms with Crippen LogP contribution >= 0.6 is 0 Å². The van der Waals surface area contributed by atoms with E-state index in [4.69, 9.17) is 5.11 Å². The number of rotatable bonds is 4. The van der Waals surface area contributed by atoms with Gasteiger partial charge in [0.05, 0.1) is 0 Å². The fourth-order valence-corrected chi connectivity index (χ4v) is 2.17. The molecule has 0 aliphatic carbocycles. The highest BCUT2D eigenvalue weighted by molar-refractivity contribution is 5.64. The first-order valence-corrected chi connectivity index (χ1v) is 6.93. The molecule has 19 heavy (non-hydrogen) atoms. The molecule has 0 amide bonds. The zero-order valence-electron chi connectivity index (χ0n) is 11.9. The molecule has 1 heteroatoms. The normalized spacial score (nSPS) is 12.7. The summed E-state index contributed by atoms with van der Waals surface area (Å²) in [4.78, 5) is 0. The van der Waals surface area contributed by atoms with E-state index < -0.39 is 0 Å². The second-order valence-electron chi connectivity index (χ2n) is 5.48. The molecule has 1 nitrogen and oxygen atoms in total. The van der Waals surface area contributed by atoms with Crippen LogP contribution in [0.3, 0.4) is 0 Å². The third-order valence-electron chi connectivity index (χ3n) is 3.66. The summed E-state index contributed by atoms with van der Waals surface area (Å²) in [5.41, 5.74) is 5.02. The molecule has 0 heterocycles. The van der Waals surface area contributed by atoms with Crippen molar-refractivity contribution in [2.75, 3.05) is 6.61 Å². The van der Waals surface area contributed by atoms with Gasteiger partial charge >= 0.3 is 0 Å². The molecule has 0 saturated carbocycles. The van der Waals surface area contributed by atoms with E-state index in [-0.39, 0.29) is 12.5 Å². The van der Waals surface area contributed by atoms with Crippen molar-refractivity contribution in [2.45, 2.75) is 32.6 Å². The molecule has 1 unspecified atom stereocenters. The van der Waals surface area contributed by atoms with E-state index in [1.165, 1.54) is 22.3 Å². The molecule has 1 atom stereocenters. The van der Waals surface area contributed by atoms with Crippen LogP contribution in [0.5, 0.6) is 0 Å². The van der Waals surface area contributed by atoms with E-state index >= 15 is 0 Å². The van der Waals surface area contributed by atoms with Gasteiger partial charge in [-0.2, -0.15) is 0 Å². The second kappa shape index (κ2) is 6.03. The molecule has 0 bridgehead atoms. The molecule has 0 saturated heterocycles. The minimum absolute atomic E-state index is 0.197. The summed E-state index contributed by atoms with van der Waals surface area (Å²) in [7, 11) is 0. The van der Waals surface area contributed by atoms with Crippen LogP contribution in [0.15, 0.2) is 48.5 Å². The van der Waals surface area contributed by atoms with E-state index in [1.54, 1.807) is 0 Å². The van der Waals surface area contributed by atoms with Crippen LogP contribution in [0.4, 0.5) is 0 Å². The summed E-state index contributed by atoms with van der Waals surface area (Å²) in [6.45, 7) is 6.65. The van der Waals surface area contributed by atoms with Crippen LogP contribution in [0.1, 0.15) is 43.7 Å². The fourth-order valence-electron chi connectivity index (χ4n) is 2.17. The molecule has 0 fully saturated rings. The Hall–Kier alpha value is -1.60. The minimum Gasteiger partial charge on any atom is -0.396 e. The predicted molar refractivity (Wildman–Crippen MR) is 81.5 cm³/mol. The Morgan fingerprint density at radius 3 is 1.53 bits per heavy atom. The van der Waals surface area contributed by atoms with E-state index in [9.17, 15) is 0 Å². The number of benzene rings is 2. The summed E-state index contributed by atoms with van der Waals surface area (Å²) in [6.07, 6.45) is 0. The zero-order valence-corrected chi connectivity index (χ0v) is 11.9. The number of aliphatic hydroxyl groups is 1. The molecule has 1 N–H and O–H groups in total. The average molecular weight is 254 g/mol. The molecule has 0 aliphatic rings. The lowest BCUT2D eigenvalue weighted by Crippen LogP contribution is -1.98. The van der Waals surface area contributed by atoms with Crippen molar-refractivity contribution in [3.05, 3.63) is 59.7 Å². The number of aliphatic hydroxyl groups excluding tert-OH is 1. The van der Waals surface area contributed by atoms with Crippen molar-refractivity contribution >= 4 is 0 Å². The van der Waals surface area contributed by atoms with Gasteiger partial charge in [0.25, 0.3) is 0 Å². The zero-order chi connectivity index (χ0) is 13.8. The van der Waals surface area contributed by atoms with Crippen molar-refractivity contribution in [1.82, 2.24) is 0 Å². The monoisotopic (exact) mass is 254 g/mol. The predicted octanol–water partition coefficient (Wildman–Crippen LogP) is 4.57. The SMILES string of the molecule is CC(C)c1ccc(-c2ccc(C(C)CO)cc2)cc1. The molecule has 100 valence electrons. The van der Waals surface area contributed by atoms with Crippen LogP contribution in [-0.4, -0.2) is 11.7 Å². The standard InChI is InChI=1S/C18H22O/c1-13(2)15-4-8-17(9-5-15)18-10-6-16(7-11-18)14(3)12-19/h4-11,13-14,19H,12H2,1-3H3. The Kier molecular flexibility index (Phi) is 4.39. The van der Waals surface area contributed by atoms with Gasteiger partial charge in [-0.1, -0.05) is 69.3 Å². The summed E-state index contributed by atoms with van der Waals surface area (Å²) in [6, 6.07) is 17.2. The second-order valence-corrected chi connectivity index (χ2v) is 5.48. The molecule has 0 spiro atoms. The largest absolute Gasteiger partial charge is 0.396 e. The van der Waals surface area contributed by atoms with Crippen molar-refractivity contribution in [2.24, 2.45) is 0 Å². The maximum atomic E-state index is 9.16. The smallest absolute Gasteiger partial charge is 0.0497 e. The Bertz CT molecular complexity index is 508. The average Bonchev–Trinajstić information content (AvgIpc) is 2.46. The van der Waals surface area contributed by atoms with E-state index in [0.717, 1.165) is 0 Å². The van der Waals surface area contributed by atoms with Gasteiger partial charge in [0.2, 0.25) is 0 Å². The Balaban J connectivity index is 2.22. The molecule has 2 rings (SSSR count). The molecule has 0 aliphatic heterocycles. The van der Waals surface area contributed by atoms with Crippen LogP contribution in [0.25, 0.3) is 11.1 Å². The molecular formula is C18H22O. The van der Waals surface area contributed by atoms with E-state index in [1.807, 2.05) is 6.92 Å². The van der Waals surface area contributed by atoms with Gasteiger partial charge < -0.3 is 5.11 Å². The Morgan fingerprint density at radius 1 is 0.737 bits per heavy atom. The number of hydrogen-bond acceptors (Lipinski definition) is 1. The van der Waals surface area contributed by atoms with Crippen LogP contribution < -0.4 is 0 Å². The Morgan fingerprint density at radius 2 is 1.16 bits per heavy atom. The lowest BCUT2D eigenvalue weighted by atomic mass is 9.96. The van der Waals surface area contributed by atoms with Crippen LogP contribution in [-0.2, 0) is 0 Å². The molecular weight excluding hydrogens is 232 g/mol. The first-order valence-electron chi connectivity index (χ1n) is 6.93. The third kappa shape index (κ3) is 3.24. The van der Waals surface area contributed by atoms with E-state index in [0.29, 0.717) is 5.92 Å². The maximum absolute atomic E-state index is 9.16. The first-order chi connectivity index (χ1) is 9.11. The highest BCUT2D eigenvalue weighted by Crippen LogP contribution is 2.24. The van der Waals surface area contributed by atoms with Gasteiger partial charge in [0.15, 0.2) is 0 Å². The van der Waals surface area contributed by atoms with Gasteiger partial charge in [-0.15, -0.1) is 0 Å². The topological polar surface area (TPSA) is 20.2 Å². The summed E-state index contributed by atoms with van der Waals surface area (Å²) in [5, 5.41) is 9.16. The molecule has 0 aromatic heterocycles.